The van der Waals surface area contributed by atoms with Gasteiger partial charge < -0.3 is 10.1 Å². The number of benzene rings is 1. The predicted octanol–water partition coefficient (Wildman–Crippen LogP) is 1.51. The summed E-state index contributed by atoms with van der Waals surface area (Å²) in [5.74, 6) is 0. The number of hydrogen-bond acceptors (Lipinski definition) is 4. The van der Waals surface area contributed by atoms with Gasteiger partial charge in [0.25, 0.3) is 0 Å². The first kappa shape index (κ1) is 16.4. The second-order valence-electron chi connectivity index (χ2n) is 5.42. The number of likely N-dealkylation sites (N-methyl/N-ethyl adjacent to an activating group) is 1. The molecule has 1 fully saturated rings. The highest BCUT2D eigenvalue weighted by molar-refractivity contribution is 7.89. The van der Waals surface area contributed by atoms with Gasteiger partial charge in [-0.3, -0.25) is 0 Å². The van der Waals surface area contributed by atoms with Crippen LogP contribution in [-0.4, -0.2) is 45.6 Å². The Morgan fingerprint density at radius 3 is 2.81 bits per heavy atom. The van der Waals surface area contributed by atoms with E-state index in [2.05, 4.69) is 5.32 Å². The molecule has 0 amide bonds. The van der Waals surface area contributed by atoms with E-state index in [-0.39, 0.29) is 6.04 Å². The van der Waals surface area contributed by atoms with Crippen molar-refractivity contribution in [2.24, 2.45) is 0 Å². The van der Waals surface area contributed by atoms with Crippen molar-refractivity contribution in [3.05, 3.63) is 29.3 Å². The summed E-state index contributed by atoms with van der Waals surface area (Å²) in [6.45, 7) is 6.50. The van der Waals surface area contributed by atoms with E-state index < -0.39 is 10.0 Å². The van der Waals surface area contributed by atoms with Crippen LogP contribution in [0.1, 0.15) is 24.5 Å². The number of sulfonamides is 1. The number of aryl methyl sites for hydroxylation is 1. The minimum absolute atomic E-state index is 0.0631. The van der Waals surface area contributed by atoms with Crippen LogP contribution >= 0.6 is 0 Å². The largest absolute Gasteiger partial charge is 0.380 e. The first-order valence-electron chi connectivity index (χ1n) is 7.33. The van der Waals surface area contributed by atoms with E-state index in [0.29, 0.717) is 24.7 Å². The Kier molecular flexibility index (Phi) is 5.37. The number of hydrogen-bond donors (Lipinski definition) is 1. The van der Waals surface area contributed by atoms with Gasteiger partial charge in [0.15, 0.2) is 0 Å². The van der Waals surface area contributed by atoms with Crippen LogP contribution < -0.4 is 5.32 Å². The monoisotopic (exact) mass is 312 g/mol. The Hall–Kier alpha value is -0.950. The SMILES string of the molecule is CCNCc1ccc(C)c(S(=O)(=O)N(C)C2CCOC2)c1. The second-order valence-corrected chi connectivity index (χ2v) is 7.38. The molecule has 1 aliphatic rings. The molecule has 118 valence electrons. The number of ether oxygens (including phenoxy) is 1. The Morgan fingerprint density at radius 2 is 2.19 bits per heavy atom. The smallest absolute Gasteiger partial charge is 0.243 e. The summed E-state index contributed by atoms with van der Waals surface area (Å²) in [4.78, 5) is 0.396. The van der Waals surface area contributed by atoms with Gasteiger partial charge in [0.1, 0.15) is 0 Å². The van der Waals surface area contributed by atoms with Crippen molar-refractivity contribution in [2.45, 2.75) is 37.8 Å². The van der Waals surface area contributed by atoms with Crippen LogP contribution in [0.4, 0.5) is 0 Å². The van der Waals surface area contributed by atoms with E-state index in [4.69, 9.17) is 4.74 Å². The van der Waals surface area contributed by atoms with Crippen LogP contribution in [0, 0.1) is 6.92 Å². The molecule has 0 bridgehead atoms. The topological polar surface area (TPSA) is 58.6 Å². The van der Waals surface area contributed by atoms with Crippen molar-refractivity contribution in [1.82, 2.24) is 9.62 Å². The Bertz CT molecular complexity index is 581. The zero-order valence-corrected chi connectivity index (χ0v) is 13.7. The summed E-state index contributed by atoms with van der Waals surface area (Å²) in [7, 11) is -1.83. The molecule has 1 N–H and O–H groups in total. The standard InChI is InChI=1S/C15H24N2O3S/c1-4-16-10-13-6-5-12(2)15(9-13)21(18,19)17(3)14-7-8-20-11-14/h5-6,9,14,16H,4,7-8,10-11H2,1-3H3. The van der Waals surface area contributed by atoms with Crippen LogP contribution in [0.3, 0.4) is 0 Å². The third kappa shape index (κ3) is 3.63. The Labute approximate surface area is 127 Å². The molecule has 2 rings (SSSR count). The molecule has 1 heterocycles. The average molecular weight is 312 g/mol. The molecule has 0 aliphatic carbocycles. The molecule has 0 radical (unpaired) electrons. The molecule has 0 saturated carbocycles. The lowest BCUT2D eigenvalue weighted by Crippen LogP contribution is -2.37. The van der Waals surface area contributed by atoms with Gasteiger partial charge in [0.05, 0.1) is 17.5 Å². The number of nitrogens with zero attached hydrogens (tertiary/aromatic N) is 1. The summed E-state index contributed by atoms with van der Waals surface area (Å²) in [5, 5.41) is 3.22. The lowest BCUT2D eigenvalue weighted by molar-refractivity contribution is 0.181. The highest BCUT2D eigenvalue weighted by Crippen LogP contribution is 2.24. The fourth-order valence-electron chi connectivity index (χ4n) is 2.46. The Morgan fingerprint density at radius 1 is 1.43 bits per heavy atom. The van der Waals surface area contributed by atoms with Gasteiger partial charge in [-0.15, -0.1) is 0 Å². The maximum absolute atomic E-state index is 12.8. The van der Waals surface area contributed by atoms with Crippen LogP contribution in [0.5, 0.6) is 0 Å². The molecule has 1 aliphatic heterocycles. The average Bonchev–Trinajstić information content (AvgIpc) is 2.99. The normalized spacial score (nSPS) is 19.3. The minimum atomic E-state index is -3.48. The van der Waals surface area contributed by atoms with Crippen LogP contribution in [-0.2, 0) is 21.3 Å². The van der Waals surface area contributed by atoms with Crippen molar-refractivity contribution >= 4 is 10.0 Å². The van der Waals surface area contributed by atoms with Crippen molar-refractivity contribution in [3.63, 3.8) is 0 Å². The van der Waals surface area contributed by atoms with Gasteiger partial charge in [-0.1, -0.05) is 19.1 Å². The van der Waals surface area contributed by atoms with Gasteiger partial charge in [-0.05, 0) is 37.1 Å². The maximum atomic E-state index is 12.8. The summed E-state index contributed by atoms with van der Waals surface area (Å²) >= 11 is 0. The molecule has 1 aromatic carbocycles. The fourth-order valence-corrected chi connectivity index (χ4v) is 4.11. The highest BCUT2D eigenvalue weighted by atomic mass is 32.2. The summed E-state index contributed by atoms with van der Waals surface area (Å²) in [5.41, 5.74) is 1.76. The molecule has 0 spiro atoms. The first-order valence-corrected chi connectivity index (χ1v) is 8.77. The zero-order chi connectivity index (χ0) is 15.5. The summed E-state index contributed by atoms with van der Waals surface area (Å²) < 4.78 is 32.4. The van der Waals surface area contributed by atoms with Gasteiger partial charge in [-0.25, -0.2) is 8.42 Å². The number of rotatable bonds is 6. The van der Waals surface area contributed by atoms with E-state index in [1.807, 2.05) is 26.0 Å². The number of nitrogens with one attached hydrogen (secondary N) is 1. The van der Waals surface area contributed by atoms with Crippen LogP contribution in [0.25, 0.3) is 0 Å². The second kappa shape index (κ2) is 6.87. The molecule has 21 heavy (non-hydrogen) atoms. The van der Waals surface area contributed by atoms with E-state index in [1.165, 1.54) is 4.31 Å². The van der Waals surface area contributed by atoms with E-state index in [9.17, 15) is 8.42 Å². The predicted molar refractivity (Wildman–Crippen MR) is 82.7 cm³/mol. The van der Waals surface area contributed by atoms with Crippen molar-refractivity contribution < 1.29 is 13.2 Å². The minimum Gasteiger partial charge on any atom is -0.380 e. The molecular formula is C15H24N2O3S. The fraction of sp³-hybridized carbons (Fsp3) is 0.600. The first-order chi connectivity index (χ1) is 9.96. The van der Waals surface area contributed by atoms with Crippen molar-refractivity contribution in [1.29, 1.82) is 0 Å². The molecule has 0 aromatic heterocycles. The van der Waals surface area contributed by atoms with E-state index in [0.717, 1.165) is 24.1 Å². The molecule has 1 aromatic rings. The molecule has 1 atom stereocenters. The van der Waals surface area contributed by atoms with Gasteiger partial charge in [-0.2, -0.15) is 4.31 Å². The van der Waals surface area contributed by atoms with Crippen molar-refractivity contribution in [2.75, 3.05) is 26.8 Å². The lowest BCUT2D eigenvalue weighted by atomic mass is 10.1. The van der Waals surface area contributed by atoms with Gasteiger partial charge >= 0.3 is 0 Å². The molecule has 1 unspecified atom stereocenters. The molecule has 6 heteroatoms. The highest BCUT2D eigenvalue weighted by Gasteiger charge is 2.31. The van der Waals surface area contributed by atoms with Crippen LogP contribution in [0.15, 0.2) is 23.1 Å². The maximum Gasteiger partial charge on any atom is 0.243 e. The molecule has 1 saturated heterocycles. The third-order valence-corrected chi connectivity index (χ3v) is 5.96. The zero-order valence-electron chi connectivity index (χ0n) is 12.9. The van der Waals surface area contributed by atoms with Crippen molar-refractivity contribution in [3.8, 4) is 0 Å². The van der Waals surface area contributed by atoms with Crippen LogP contribution in [0.2, 0.25) is 0 Å². The lowest BCUT2D eigenvalue weighted by Gasteiger charge is -2.23. The van der Waals surface area contributed by atoms with Gasteiger partial charge in [0.2, 0.25) is 10.0 Å². The third-order valence-electron chi connectivity index (χ3n) is 3.91. The van der Waals surface area contributed by atoms with Gasteiger partial charge in [0, 0.05) is 20.2 Å². The van der Waals surface area contributed by atoms with E-state index >= 15 is 0 Å². The molecular weight excluding hydrogens is 288 g/mol. The Balaban J connectivity index is 2.29. The molecule has 5 nitrogen and oxygen atoms in total. The van der Waals surface area contributed by atoms with E-state index in [1.54, 1.807) is 13.1 Å². The summed E-state index contributed by atoms with van der Waals surface area (Å²) in [6, 6.07) is 5.56. The summed E-state index contributed by atoms with van der Waals surface area (Å²) in [6.07, 6.45) is 0.756. The quantitative estimate of drug-likeness (QED) is 0.865.